The maximum Gasteiger partial charge on any atom is 0.416 e. The smallest absolute Gasteiger partial charge is 0.416 e. The molecule has 0 saturated carbocycles. The first-order valence-electron chi connectivity index (χ1n) is 12.7. The molecule has 0 aliphatic heterocycles. The first kappa shape index (κ1) is 34.1. The van der Waals surface area contributed by atoms with Crippen molar-refractivity contribution in [2.24, 2.45) is 11.6 Å². The van der Waals surface area contributed by atoms with Crippen molar-refractivity contribution >= 4 is 40.2 Å². The van der Waals surface area contributed by atoms with Gasteiger partial charge in [-0.15, -0.1) is 11.3 Å². The van der Waals surface area contributed by atoms with Crippen LogP contribution in [0.5, 0.6) is 5.75 Å². The van der Waals surface area contributed by atoms with Crippen molar-refractivity contribution in [3.8, 4) is 5.75 Å². The number of anilines is 2. The van der Waals surface area contributed by atoms with Crippen molar-refractivity contribution in [1.82, 2.24) is 15.6 Å². The van der Waals surface area contributed by atoms with Crippen LogP contribution >= 0.6 is 11.3 Å². The number of methoxy groups -OCH3 is 1. The summed E-state index contributed by atoms with van der Waals surface area (Å²) in [6.07, 6.45) is -1.50. The lowest BCUT2D eigenvalue weighted by atomic mass is 10.1. The Morgan fingerprint density at radius 2 is 1.88 bits per heavy atom. The zero-order chi connectivity index (χ0) is 31.6. The van der Waals surface area contributed by atoms with E-state index < -0.39 is 17.6 Å². The lowest BCUT2D eigenvalue weighted by Gasteiger charge is -2.20. The molecule has 3 aromatic rings. The lowest BCUT2D eigenvalue weighted by Crippen LogP contribution is -2.27. The van der Waals surface area contributed by atoms with Gasteiger partial charge in [-0.1, -0.05) is 19.9 Å². The number of hydrogen-bond donors (Lipinski definition) is 5. The molecule has 1 aromatic heterocycles. The third kappa shape index (κ3) is 9.75. The minimum absolute atomic E-state index is 0.00463. The second kappa shape index (κ2) is 15.2. The molecular formula is C28H36F3N7O3S. The molecule has 0 atom stereocenters. The van der Waals surface area contributed by atoms with E-state index in [9.17, 15) is 22.8 Å². The number of nitrogens with one attached hydrogen (secondary N) is 3. The average Bonchev–Trinajstić information content (AvgIpc) is 3.47. The Balaban J connectivity index is 0.00000113. The normalized spacial score (nSPS) is 11.5. The van der Waals surface area contributed by atoms with E-state index in [1.54, 1.807) is 37.8 Å². The number of nitrogens with two attached hydrogens (primary N) is 2. The summed E-state index contributed by atoms with van der Waals surface area (Å²) in [5.74, 6) is 5.71. The first-order chi connectivity index (χ1) is 19.7. The van der Waals surface area contributed by atoms with Crippen molar-refractivity contribution in [1.29, 1.82) is 0 Å². The zero-order valence-corrected chi connectivity index (χ0v) is 25.0. The number of rotatable bonds is 9. The number of alkyl halides is 3. The molecule has 2 amide bonds. The molecular weight excluding hydrogens is 571 g/mol. The molecule has 14 heteroatoms. The summed E-state index contributed by atoms with van der Waals surface area (Å²) in [6.45, 7) is 7.15. The van der Waals surface area contributed by atoms with Gasteiger partial charge in [0, 0.05) is 50.1 Å². The molecule has 1 heterocycles. The highest BCUT2D eigenvalue weighted by Gasteiger charge is 2.33. The maximum atomic E-state index is 13.6. The van der Waals surface area contributed by atoms with Gasteiger partial charge in [0.25, 0.3) is 5.91 Å². The lowest BCUT2D eigenvalue weighted by molar-refractivity contribution is -0.137. The topological polar surface area (TPSA) is 148 Å². The highest BCUT2D eigenvalue weighted by Crippen LogP contribution is 2.38. The van der Waals surface area contributed by atoms with E-state index >= 15 is 0 Å². The number of hydrogen-bond acceptors (Lipinski definition) is 9. The van der Waals surface area contributed by atoms with Gasteiger partial charge < -0.3 is 26.4 Å². The number of halogens is 3. The number of nitrogens with zero attached hydrogens (tertiary/aromatic N) is 2. The van der Waals surface area contributed by atoms with E-state index in [4.69, 9.17) is 16.3 Å². The van der Waals surface area contributed by atoms with Crippen LogP contribution in [0, 0.1) is 6.92 Å². The van der Waals surface area contributed by atoms with Gasteiger partial charge in [-0.2, -0.15) is 13.2 Å². The minimum atomic E-state index is -4.61. The van der Waals surface area contributed by atoms with Crippen LogP contribution in [0.25, 0.3) is 5.70 Å². The molecule has 0 aliphatic carbocycles. The monoisotopic (exact) mass is 607 g/mol. The summed E-state index contributed by atoms with van der Waals surface area (Å²) in [5.41, 5.74) is 8.81. The molecule has 0 radical (unpaired) electrons. The van der Waals surface area contributed by atoms with Crippen molar-refractivity contribution in [3.63, 3.8) is 0 Å². The third-order valence-electron chi connectivity index (χ3n) is 5.74. The molecule has 2 aromatic carbocycles. The van der Waals surface area contributed by atoms with Crippen LogP contribution in [0.2, 0.25) is 0 Å². The molecule has 0 unspecified atom stereocenters. The second-order valence-electron chi connectivity index (χ2n) is 9.37. The summed E-state index contributed by atoms with van der Waals surface area (Å²) in [5, 5.41) is 9.32. The molecule has 228 valence electrons. The van der Waals surface area contributed by atoms with Crippen LogP contribution in [-0.2, 0) is 17.5 Å². The van der Waals surface area contributed by atoms with Crippen molar-refractivity contribution in [2.45, 2.75) is 46.5 Å². The van der Waals surface area contributed by atoms with Gasteiger partial charge in [-0.25, -0.2) is 5.84 Å². The van der Waals surface area contributed by atoms with Gasteiger partial charge in [0.05, 0.1) is 40.1 Å². The molecule has 0 saturated heterocycles. The van der Waals surface area contributed by atoms with Crippen LogP contribution < -0.4 is 37.3 Å². The third-order valence-corrected chi connectivity index (χ3v) is 6.56. The summed E-state index contributed by atoms with van der Waals surface area (Å²) in [6, 6.07) is 6.67. The van der Waals surface area contributed by atoms with Crippen LogP contribution in [0.15, 0.2) is 48.2 Å². The predicted molar refractivity (Wildman–Crippen MR) is 160 cm³/mol. The van der Waals surface area contributed by atoms with Gasteiger partial charge in [-0.05, 0) is 36.8 Å². The van der Waals surface area contributed by atoms with E-state index in [2.05, 4.69) is 20.9 Å². The van der Waals surface area contributed by atoms with Gasteiger partial charge in [0.1, 0.15) is 5.75 Å². The highest BCUT2D eigenvalue weighted by molar-refractivity contribution is 7.10. The highest BCUT2D eigenvalue weighted by atomic mass is 32.1. The largest absolute Gasteiger partial charge is 0.494 e. The van der Waals surface area contributed by atoms with Crippen molar-refractivity contribution < 1.29 is 27.5 Å². The van der Waals surface area contributed by atoms with Crippen LogP contribution in [0.1, 0.15) is 52.7 Å². The standard InChI is InChI=1S/C25H29F3N6O2S.C3H7NO/c1-14(2)32-10-17-7-18(25(26,27)28)9-20(23(17)36-4)33-24(35)16-6-5-15(3)21(8-16)34(30)12-19(29)22-11-31-13-37-22;1-3(5)4-2/h5-9,11-14,32H,10,29-30H2,1-4H3,(H,33,35);1-2H3,(H,4,5)/b19-12-;. The molecule has 10 nitrogen and oxygen atoms in total. The number of ether oxygens (including phenoxy) is 1. The number of aryl methyl sites for hydroxylation is 1. The first-order valence-corrected chi connectivity index (χ1v) is 13.6. The number of carbonyl (C=O) groups is 2. The fourth-order valence-corrected chi connectivity index (χ4v) is 4.04. The molecule has 42 heavy (non-hydrogen) atoms. The van der Waals surface area contributed by atoms with Crippen LogP contribution in [0.4, 0.5) is 24.5 Å². The van der Waals surface area contributed by atoms with E-state index in [-0.39, 0.29) is 41.1 Å². The maximum absolute atomic E-state index is 13.6. The summed E-state index contributed by atoms with van der Waals surface area (Å²) in [4.78, 5) is 27.6. The van der Waals surface area contributed by atoms with E-state index in [1.165, 1.54) is 42.6 Å². The Morgan fingerprint density at radius 3 is 2.40 bits per heavy atom. The Labute approximate surface area is 246 Å². The predicted octanol–water partition coefficient (Wildman–Crippen LogP) is 4.62. The molecule has 0 aliphatic rings. The summed E-state index contributed by atoms with van der Waals surface area (Å²) < 4.78 is 46.3. The van der Waals surface area contributed by atoms with E-state index in [0.717, 1.165) is 22.6 Å². The fourth-order valence-electron chi connectivity index (χ4n) is 3.50. The number of thiazole rings is 1. The van der Waals surface area contributed by atoms with Crippen molar-refractivity contribution in [2.75, 3.05) is 24.5 Å². The van der Waals surface area contributed by atoms with Crippen LogP contribution in [0.3, 0.4) is 0 Å². The molecule has 7 N–H and O–H groups in total. The SMILES string of the molecule is CNC(C)=O.COc1c(CNC(C)C)cc(C(F)(F)F)cc1NC(=O)c1ccc(C)c(N(N)/C=C(\N)c2cncs2)c1. The number of carbonyl (C=O) groups excluding carboxylic acids is 2. The number of hydrazine groups is 1. The number of benzene rings is 2. The molecule has 0 bridgehead atoms. The Morgan fingerprint density at radius 1 is 1.21 bits per heavy atom. The van der Waals surface area contributed by atoms with Crippen molar-refractivity contribution in [3.05, 3.63) is 75.4 Å². The minimum Gasteiger partial charge on any atom is -0.494 e. The van der Waals surface area contributed by atoms with E-state index in [1.807, 2.05) is 13.8 Å². The fraction of sp³-hybridized carbons (Fsp3) is 0.321. The Bertz CT molecular complexity index is 1390. The number of aromatic nitrogens is 1. The van der Waals surface area contributed by atoms with Gasteiger partial charge >= 0.3 is 6.18 Å². The average molecular weight is 608 g/mol. The summed E-state index contributed by atoms with van der Waals surface area (Å²) in [7, 11) is 2.94. The second-order valence-corrected chi connectivity index (χ2v) is 10.3. The zero-order valence-electron chi connectivity index (χ0n) is 24.2. The Hall–Kier alpha value is -4.14. The molecule has 0 spiro atoms. The Kier molecular flexibility index (Phi) is 12.3. The van der Waals surface area contributed by atoms with Gasteiger partial charge in [-0.3, -0.25) is 19.6 Å². The molecule has 0 fully saturated rings. The van der Waals surface area contributed by atoms with Crippen LogP contribution in [-0.4, -0.2) is 37.0 Å². The summed E-state index contributed by atoms with van der Waals surface area (Å²) >= 11 is 1.35. The molecule has 3 rings (SSSR count). The number of amides is 2. The quantitative estimate of drug-likeness (QED) is 0.175. The van der Waals surface area contributed by atoms with Gasteiger partial charge in [0.2, 0.25) is 5.91 Å². The van der Waals surface area contributed by atoms with Gasteiger partial charge in [0.15, 0.2) is 0 Å². The van der Waals surface area contributed by atoms with E-state index in [0.29, 0.717) is 11.4 Å².